The Morgan fingerprint density at radius 2 is 1.19 bits per heavy atom. The largest absolute Gasteiger partial charge is 0.393 e. The maximum Gasteiger partial charge on any atom is 0.168 e. The van der Waals surface area contributed by atoms with Gasteiger partial charge in [-0.15, -0.1) is 0 Å². The van der Waals surface area contributed by atoms with Gasteiger partial charge in [-0.05, 0) is 6.42 Å². The summed E-state index contributed by atoms with van der Waals surface area (Å²) in [5.41, 5.74) is 8.87. The molecule has 0 radical (unpaired) electrons. The van der Waals surface area contributed by atoms with Crippen molar-refractivity contribution in [3.8, 4) is 0 Å². The Labute approximate surface area is 159 Å². The van der Waals surface area contributed by atoms with E-state index >= 15 is 0 Å². The van der Waals surface area contributed by atoms with Crippen molar-refractivity contribution in [1.82, 2.24) is 9.97 Å². The molecule has 0 bridgehead atoms. The third-order valence-electron chi connectivity index (χ3n) is 4.84. The molecular weight excluding hydrogens is 324 g/mol. The third kappa shape index (κ3) is 10.4. The molecule has 0 atom stereocenters. The van der Waals surface area contributed by atoms with Crippen LogP contribution in [0.4, 0.5) is 17.3 Å². The fourth-order valence-electron chi connectivity index (χ4n) is 3.18. The van der Waals surface area contributed by atoms with Crippen molar-refractivity contribution in [1.29, 1.82) is 0 Å². The van der Waals surface area contributed by atoms with Gasteiger partial charge in [0.05, 0.1) is 0 Å². The summed E-state index contributed by atoms with van der Waals surface area (Å²) >= 11 is 0. The zero-order valence-corrected chi connectivity index (χ0v) is 16.7. The van der Waals surface area contributed by atoms with Gasteiger partial charge in [-0.2, -0.15) is 0 Å². The molecule has 0 spiro atoms. The lowest BCUT2D eigenvalue weighted by Gasteiger charge is -2.10. The van der Waals surface area contributed by atoms with E-state index in [0.29, 0.717) is 17.3 Å². The van der Waals surface area contributed by atoms with Gasteiger partial charge in [0.2, 0.25) is 0 Å². The molecule has 6 heteroatoms. The lowest BCUT2D eigenvalue weighted by molar-refractivity contribution is 0.537. The molecule has 0 fully saturated rings. The molecule has 0 unspecified atom stereocenters. The number of unbranched alkanes of at least 4 members (excludes halogenated alkanes) is 13. The van der Waals surface area contributed by atoms with Crippen LogP contribution in [0.3, 0.4) is 0 Å². The fourth-order valence-corrected chi connectivity index (χ4v) is 3.18. The Balaban J connectivity index is 1.87. The third-order valence-corrected chi connectivity index (χ3v) is 4.84. The Morgan fingerprint density at radius 3 is 1.69 bits per heavy atom. The minimum atomic E-state index is 0.462. The lowest BCUT2D eigenvalue weighted by Crippen LogP contribution is -2.14. The quantitative estimate of drug-likeness (QED) is 0.171. The van der Waals surface area contributed by atoms with Crippen molar-refractivity contribution >= 4 is 17.3 Å². The van der Waals surface area contributed by atoms with Gasteiger partial charge in [0, 0.05) is 6.54 Å². The van der Waals surface area contributed by atoms with E-state index in [2.05, 4.69) is 27.6 Å². The zero-order valence-electron chi connectivity index (χ0n) is 16.7. The van der Waals surface area contributed by atoms with Gasteiger partial charge in [-0.3, -0.25) is 0 Å². The predicted molar refractivity (Wildman–Crippen MR) is 113 cm³/mol. The summed E-state index contributed by atoms with van der Waals surface area (Å²) in [7, 11) is 0. The number of aromatic nitrogens is 2. The summed E-state index contributed by atoms with van der Waals surface area (Å²) in [5, 5.41) is 3.26. The topological polar surface area (TPSA) is 102 Å². The number of hydrogen-bond acceptors (Lipinski definition) is 6. The highest BCUT2D eigenvalue weighted by atomic mass is 15.3. The number of nitrogens with two attached hydrogens (primary N) is 2. The van der Waals surface area contributed by atoms with Gasteiger partial charge in [0.15, 0.2) is 11.6 Å². The number of nitrogens with zero attached hydrogens (tertiary/aromatic N) is 2. The van der Waals surface area contributed by atoms with E-state index < -0.39 is 0 Å². The fraction of sp³-hybridized carbons (Fsp3) is 0.800. The number of nitrogen functional groups attached to an aromatic ring is 2. The molecule has 0 aliphatic heterocycles. The standard InChI is InChI=1S/C20H40N6/c1-2-3-4-5-6-7-8-9-10-11-12-13-14-15-16-23-19-18(21)20(26-22)25-17-24-19/h17H,2-16,21-22H2,1H3,(H2,23,24,25,26). The molecule has 0 aliphatic rings. The Hall–Kier alpha value is -1.56. The van der Waals surface area contributed by atoms with Crippen LogP contribution in [-0.2, 0) is 0 Å². The number of hydrogen-bond donors (Lipinski definition) is 4. The van der Waals surface area contributed by atoms with Crippen molar-refractivity contribution in [3.63, 3.8) is 0 Å². The molecular formula is C20H40N6. The second-order valence-corrected chi connectivity index (χ2v) is 7.15. The number of anilines is 3. The first-order valence-electron chi connectivity index (χ1n) is 10.6. The number of rotatable bonds is 17. The summed E-state index contributed by atoms with van der Waals surface area (Å²) < 4.78 is 0. The Kier molecular flexibility index (Phi) is 13.6. The van der Waals surface area contributed by atoms with E-state index in [1.165, 1.54) is 89.8 Å². The highest BCUT2D eigenvalue weighted by molar-refractivity contribution is 5.73. The van der Waals surface area contributed by atoms with Crippen molar-refractivity contribution in [2.45, 2.75) is 96.8 Å². The normalized spacial score (nSPS) is 10.8. The van der Waals surface area contributed by atoms with Gasteiger partial charge < -0.3 is 16.5 Å². The van der Waals surface area contributed by atoms with Gasteiger partial charge in [0.1, 0.15) is 12.0 Å². The van der Waals surface area contributed by atoms with Gasteiger partial charge in [0.25, 0.3) is 0 Å². The van der Waals surface area contributed by atoms with E-state index in [1.807, 2.05) is 0 Å². The summed E-state index contributed by atoms with van der Waals surface area (Å²) in [6.45, 7) is 3.16. The molecule has 150 valence electrons. The van der Waals surface area contributed by atoms with Crippen molar-refractivity contribution in [2.24, 2.45) is 5.84 Å². The SMILES string of the molecule is CCCCCCCCCCCCCCCCNc1ncnc(NN)c1N. The highest BCUT2D eigenvalue weighted by Crippen LogP contribution is 2.21. The predicted octanol–water partition coefficient (Wildman–Crippen LogP) is 5.24. The van der Waals surface area contributed by atoms with Crippen LogP contribution in [0.25, 0.3) is 0 Å². The lowest BCUT2D eigenvalue weighted by atomic mass is 10.0. The smallest absolute Gasteiger partial charge is 0.168 e. The van der Waals surface area contributed by atoms with Gasteiger partial charge in [-0.1, -0.05) is 90.4 Å². The van der Waals surface area contributed by atoms with Crippen LogP contribution in [0.5, 0.6) is 0 Å². The molecule has 1 aromatic heterocycles. The summed E-state index contributed by atoms with van der Waals surface area (Å²) in [5.74, 6) is 6.47. The van der Waals surface area contributed by atoms with Crippen LogP contribution in [-0.4, -0.2) is 16.5 Å². The first-order chi connectivity index (χ1) is 12.8. The Bertz CT molecular complexity index is 452. The van der Waals surface area contributed by atoms with Crippen LogP contribution in [0.1, 0.15) is 96.8 Å². The van der Waals surface area contributed by atoms with Crippen molar-refractivity contribution < 1.29 is 0 Å². The number of hydrazine groups is 1. The molecule has 1 heterocycles. The van der Waals surface area contributed by atoms with E-state index in [4.69, 9.17) is 11.6 Å². The number of nitrogens with one attached hydrogen (secondary N) is 2. The molecule has 1 aromatic rings. The summed E-state index contributed by atoms with van der Waals surface area (Å²) in [6, 6.07) is 0. The van der Waals surface area contributed by atoms with E-state index in [9.17, 15) is 0 Å². The average Bonchev–Trinajstić information content (AvgIpc) is 2.66. The highest BCUT2D eigenvalue weighted by Gasteiger charge is 2.05. The zero-order chi connectivity index (χ0) is 18.9. The second kappa shape index (κ2) is 15.7. The van der Waals surface area contributed by atoms with Crippen LogP contribution >= 0.6 is 0 Å². The van der Waals surface area contributed by atoms with Crippen LogP contribution in [0.2, 0.25) is 0 Å². The molecule has 1 rings (SSSR count). The van der Waals surface area contributed by atoms with Crippen LogP contribution in [0, 0.1) is 0 Å². The minimum absolute atomic E-state index is 0.462. The average molecular weight is 365 g/mol. The monoisotopic (exact) mass is 364 g/mol. The van der Waals surface area contributed by atoms with Crippen LogP contribution in [0.15, 0.2) is 6.33 Å². The molecule has 6 nitrogen and oxygen atoms in total. The van der Waals surface area contributed by atoms with Gasteiger partial charge >= 0.3 is 0 Å². The molecule has 0 saturated heterocycles. The molecule has 0 saturated carbocycles. The van der Waals surface area contributed by atoms with E-state index in [1.54, 1.807) is 0 Å². The first-order valence-corrected chi connectivity index (χ1v) is 10.6. The molecule has 0 aromatic carbocycles. The molecule has 6 N–H and O–H groups in total. The van der Waals surface area contributed by atoms with Gasteiger partial charge in [-0.25, -0.2) is 15.8 Å². The minimum Gasteiger partial charge on any atom is -0.393 e. The van der Waals surface area contributed by atoms with E-state index in [0.717, 1.165) is 13.0 Å². The Morgan fingerprint density at radius 1 is 0.731 bits per heavy atom. The summed E-state index contributed by atoms with van der Waals surface area (Å²) in [4.78, 5) is 8.11. The van der Waals surface area contributed by atoms with Crippen LogP contribution < -0.4 is 22.3 Å². The maximum absolute atomic E-state index is 5.92. The first kappa shape index (κ1) is 22.5. The van der Waals surface area contributed by atoms with Crippen molar-refractivity contribution in [2.75, 3.05) is 23.0 Å². The maximum atomic E-state index is 5.92. The molecule has 26 heavy (non-hydrogen) atoms. The summed E-state index contributed by atoms with van der Waals surface area (Å²) in [6.07, 6.45) is 20.6. The second-order valence-electron chi connectivity index (χ2n) is 7.15. The van der Waals surface area contributed by atoms with Crippen molar-refractivity contribution in [3.05, 3.63) is 6.33 Å². The van der Waals surface area contributed by atoms with E-state index in [-0.39, 0.29) is 0 Å². The molecule has 0 aliphatic carbocycles. The molecule has 0 amide bonds.